The summed E-state index contributed by atoms with van der Waals surface area (Å²) >= 11 is 0. The molecule has 0 aliphatic heterocycles. The topological polar surface area (TPSA) is 20.2 Å². The fourth-order valence-corrected chi connectivity index (χ4v) is 1.71. The number of rotatable bonds is 4. The third kappa shape index (κ3) is 3.42. The van der Waals surface area contributed by atoms with Crippen LogP contribution in [0.25, 0.3) is 0 Å². The van der Waals surface area contributed by atoms with Crippen LogP contribution in [0.1, 0.15) is 36.6 Å². The molecular weight excluding hydrogens is 267 g/mol. The van der Waals surface area contributed by atoms with E-state index in [0.29, 0.717) is 6.92 Å². The van der Waals surface area contributed by atoms with Crippen molar-refractivity contribution in [2.24, 2.45) is 0 Å². The summed E-state index contributed by atoms with van der Waals surface area (Å²) in [6.07, 6.45) is -1.64. The lowest BCUT2D eigenvalue weighted by atomic mass is 9.97. The zero-order valence-electron chi connectivity index (χ0n) is 10.1. The van der Waals surface area contributed by atoms with Crippen molar-refractivity contribution in [1.29, 1.82) is 0 Å². The molecule has 0 radical (unpaired) electrons. The van der Waals surface area contributed by atoms with Crippen LogP contribution < -0.4 is 0 Å². The molecule has 1 N–H and O–H groups in total. The summed E-state index contributed by atoms with van der Waals surface area (Å²) < 4.78 is 53.6. The first-order chi connectivity index (χ1) is 8.08. The molecule has 1 unspecified atom stereocenters. The molecule has 0 aliphatic carbocycles. The van der Waals surface area contributed by atoms with E-state index in [1.165, 1.54) is 6.92 Å². The molecule has 0 saturated carbocycles. The number of aliphatic hydroxyl groups excluding tert-OH is 1. The average molecular weight is 282 g/mol. The molecule has 102 valence electrons. The summed E-state index contributed by atoms with van der Waals surface area (Å²) in [6, 6.07) is 2.90. The standard InChI is InChI=1S/C12H15F4OP/c1-7(17)8-3-9(11(2,13)14)5-10(4-8)12(15,16)6-18/h3-5,7,17H,6,18H2,1-2H3/t7-/m1/s1. The van der Waals surface area contributed by atoms with Gasteiger partial charge in [-0.25, -0.2) is 17.6 Å². The predicted octanol–water partition coefficient (Wildman–Crippen LogP) is 3.82. The van der Waals surface area contributed by atoms with Crippen molar-refractivity contribution in [2.75, 3.05) is 6.16 Å². The molecule has 0 aliphatic rings. The number of hydrogen-bond acceptors (Lipinski definition) is 1. The molecule has 0 bridgehead atoms. The molecule has 0 heterocycles. The molecule has 1 rings (SSSR count). The van der Waals surface area contributed by atoms with Gasteiger partial charge >= 0.3 is 0 Å². The number of benzene rings is 1. The van der Waals surface area contributed by atoms with E-state index in [1.54, 1.807) is 0 Å². The molecule has 0 saturated heterocycles. The monoisotopic (exact) mass is 282 g/mol. The Labute approximate surface area is 105 Å². The molecular formula is C12H15F4OP. The maximum absolute atomic E-state index is 13.5. The highest BCUT2D eigenvalue weighted by molar-refractivity contribution is 7.16. The van der Waals surface area contributed by atoms with Crippen LogP contribution >= 0.6 is 9.24 Å². The van der Waals surface area contributed by atoms with E-state index in [1.807, 2.05) is 9.24 Å². The Bertz CT molecular complexity index is 427. The van der Waals surface area contributed by atoms with Crippen LogP contribution in [-0.4, -0.2) is 11.3 Å². The Balaban J connectivity index is 3.41. The summed E-state index contributed by atoms with van der Waals surface area (Å²) in [6.45, 7) is 1.98. The molecule has 6 heteroatoms. The minimum absolute atomic E-state index is 0.0575. The van der Waals surface area contributed by atoms with Crippen LogP contribution in [0.3, 0.4) is 0 Å². The number of halogens is 4. The Morgan fingerprint density at radius 1 is 1.17 bits per heavy atom. The summed E-state index contributed by atoms with van der Waals surface area (Å²) in [4.78, 5) is 0. The van der Waals surface area contributed by atoms with E-state index in [0.717, 1.165) is 18.2 Å². The van der Waals surface area contributed by atoms with Crippen molar-refractivity contribution in [3.05, 3.63) is 34.9 Å². The van der Waals surface area contributed by atoms with Crippen molar-refractivity contribution >= 4 is 9.24 Å². The minimum Gasteiger partial charge on any atom is -0.389 e. The number of hydrogen-bond donors (Lipinski definition) is 1. The Hall–Kier alpha value is -0.670. The Morgan fingerprint density at radius 2 is 1.67 bits per heavy atom. The van der Waals surface area contributed by atoms with Crippen LogP contribution in [0.4, 0.5) is 17.6 Å². The lowest BCUT2D eigenvalue weighted by molar-refractivity contribution is 0.0123. The van der Waals surface area contributed by atoms with Gasteiger partial charge in [-0.15, -0.1) is 9.24 Å². The molecule has 0 aromatic heterocycles. The van der Waals surface area contributed by atoms with Crippen LogP contribution in [0.15, 0.2) is 18.2 Å². The van der Waals surface area contributed by atoms with E-state index >= 15 is 0 Å². The lowest BCUT2D eigenvalue weighted by Crippen LogP contribution is -2.18. The van der Waals surface area contributed by atoms with Crippen molar-refractivity contribution in [3.8, 4) is 0 Å². The van der Waals surface area contributed by atoms with E-state index in [4.69, 9.17) is 0 Å². The molecule has 1 aromatic rings. The molecule has 18 heavy (non-hydrogen) atoms. The first kappa shape index (κ1) is 15.4. The normalized spacial score (nSPS) is 14.7. The third-order valence-corrected chi connectivity index (χ3v) is 3.14. The predicted molar refractivity (Wildman–Crippen MR) is 65.1 cm³/mol. The second-order valence-corrected chi connectivity index (χ2v) is 4.72. The fraction of sp³-hybridized carbons (Fsp3) is 0.500. The summed E-state index contributed by atoms with van der Waals surface area (Å²) in [5.74, 6) is -6.44. The van der Waals surface area contributed by atoms with E-state index < -0.39 is 35.2 Å². The van der Waals surface area contributed by atoms with Gasteiger partial charge in [-0.1, -0.05) is 0 Å². The first-order valence-electron chi connectivity index (χ1n) is 5.37. The zero-order valence-corrected chi connectivity index (χ0v) is 11.2. The SMILES string of the molecule is C[C@@H](O)c1cc(C(C)(F)F)cc(C(F)(F)CP)c1. The maximum Gasteiger partial charge on any atom is 0.276 e. The van der Waals surface area contributed by atoms with Gasteiger partial charge in [0.1, 0.15) is 0 Å². The highest BCUT2D eigenvalue weighted by atomic mass is 31.0. The van der Waals surface area contributed by atoms with Gasteiger partial charge in [0, 0.05) is 24.2 Å². The van der Waals surface area contributed by atoms with Gasteiger partial charge in [-0.2, -0.15) is 0 Å². The van der Waals surface area contributed by atoms with Gasteiger partial charge < -0.3 is 5.11 Å². The molecule has 1 aromatic carbocycles. The van der Waals surface area contributed by atoms with Gasteiger partial charge in [0.05, 0.1) is 6.10 Å². The van der Waals surface area contributed by atoms with Crippen molar-refractivity contribution in [2.45, 2.75) is 31.8 Å². The van der Waals surface area contributed by atoms with Crippen LogP contribution in [0, 0.1) is 0 Å². The average Bonchev–Trinajstić information content (AvgIpc) is 2.27. The van der Waals surface area contributed by atoms with Gasteiger partial charge in [-0.05, 0) is 30.7 Å². The van der Waals surface area contributed by atoms with Crippen LogP contribution in [0.2, 0.25) is 0 Å². The third-order valence-electron chi connectivity index (χ3n) is 2.62. The minimum atomic E-state index is -3.23. The number of alkyl halides is 4. The summed E-state index contributed by atoms with van der Waals surface area (Å²) in [5, 5.41) is 9.38. The lowest BCUT2D eigenvalue weighted by Gasteiger charge is -2.20. The quantitative estimate of drug-likeness (QED) is 0.657. The molecule has 1 nitrogen and oxygen atoms in total. The van der Waals surface area contributed by atoms with Gasteiger partial charge in [0.2, 0.25) is 0 Å². The maximum atomic E-state index is 13.5. The Morgan fingerprint density at radius 3 is 2.06 bits per heavy atom. The van der Waals surface area contributed by atoms with E-state index in [2.05, 4.69) is 0 Å². The van der Waals surface area contributed by atoms with Crippen LogP contribution in [-0.2, 0) is 11.8 Å². The van der Waals surface area contributed by atoms with Crippen LogP contribution in [0.5, 0.6) is 0 Å². The van der Waals surface area contributed by atoms with Crippen molar-refractivity contribution in [1.82, 2.24) is 0 Å². The summed E-state index contributed by atoms with van der Waals surface area (Å²) in [7, 11) is 1.88. The van der Waals surface area contributed by atoms with Crippen molar-refractivity contribution < 1.29 is 22.7 Å². The van der Waals surface area contributed by atoms with Gasteiger partial charge in [-0.3, -0.25) is 0 Å². The molecule has 0 amide bonds. The van der Waals surface area contributed by atoms with E-state index in [-0.39, 0.29) is 5.56 Å². The summed E-state index contributed by atoms with van der Waals surface area (Å²) in [5.41, 5.74) is -0.969. The fourth-order valence-electron chi connectivity index (χ4n) is 1.48. The molecule has 0 spiro atoms. The second-order valence-electron chi connectivity index (χ2n) is 4.32. The highest BCUT2D eigenvalue weighted by Gasteiger charge is 2.33. The van der Waals surface area contributed by atoms with Crippen molar-refractivity contribution in [3.63, 3.8) is 0 Å². The molecule has 2 atom stereocenters. The first-order valence-corrected chi connectivity index (χ1v) is 6.19. The highest BCUT2D eigenvalue weighted by Crippen LogP contribution is 2.36. The van der Waals surface area contributed by atoms with E-state index in [9.17, 15) is 22.7 Å². The largest absolute Gasteiger partial charge is 0.389 e. The molecule has 0 fully saturated rings. The van der Waals surface area contributed by atoms with Gasteiger partial charge in [0.15, 0.2) is 0 Å². The smallest absolute Gasteiger partial charge is 0.276 e. The van der Waals surface area contributed by atoms with Gasteiger partial charge in [0.25, 0.3) is 11.8 Å². The Kier molecular flexibility index (Phi) is 4.39. The zero-order chi connectivity index (χ0) is 14.1. The second kappa shape index (κ2) is 5.14. The number of aliphatic hydroxyl groups is 1.